The van der Waals surface area contributed by atoms with Crippen LogP contribution < -0.4 is 5.73 Å². The van der Waals surface area contributed by atoms with Gasteiger partial charge in [-0.1, -0.05) is 12.8 Å². The molecule has 5 nitrogen and oxygen atoms in total. The van der Waals surface area contributed by atoms with Crippen LogP contribution in [0.15, 0.2) is 5.38 Å². The molecule has 3 rings (SSSR count). The number of nitrogen functional groups attached to an aromatic ring is 1. The fraction of sp³-hybridized carbons (Fsp3) is 0.583. The second kappa shape index (κ2) is 4.68. The van der Waals surface area contributed by atoms with Crippen LogP contribution in [0.25, 0.3) is 0 Å². The van der Waals surface area contributed by atoms with E-state index in [4.69, 9.17) is 5.73 Å². The Morgan fingerprint density at radius 2 is 2.17 bits per heavy atom. The first kappa shape index (κ1) is 11.6. The molecule has 0 radical (unpaired) electrons. The molecular formula is C12H17N5S. The van der Waals surface area contributed by atoms with Crippen molar-refractivity contribution in [3.05, 3.63) is 22.7 Å². The zero-order valence-corrected chi connectivity index (χ0v) is 11.3. The molecule has 0 atom stereocenters. The molecule has 0 amide bonds. The van der Waals surface area contributed by atoms with Gasteiger partial charge in [0, 0.05) is 11.4 Å². The van der Waals surface area contributed by atoms with Crippen molar-refractivity contribution in [1.82, 2.24) is 19.7 Å². The first-order chi connectivity index (χ1) is 8.74. The predicted octanol–water partition coefficient (Wildman–Crippen LogP) is 2.33. The number of aromatic nitrogens is 4. The van der Waals surface area contributed by atoms with E-state index in [2.05, 4.69) is 19.7 Å². The van der Waals surface area contributed by atoms with Gasteiger partial charge >= 0.3 is 0 Å². The second-order valence-corrected chi connectivity index (χ2v) is 5.72. The second-order valence-electron chi connectivity index (χ2n) is 4.83. The van der Waals surface area contributed by atoms with Crippen LogP contribution in [0, 0.1) is 6.92 Å². The highest BCUT2D eigenvalue weighted by Gasteiger charge is 2.22. The molecule has 96 valence electrons. The van der Waals surface area contributed by atoms with E-state index >= 15 is 0 Å². The molecule has 1 aliphatic rings. The first-order valence-corrected chi connectivity index (χ1v) is 7.22. The van der Waals surface area contributed by atoms with E-state index in [0.717, 1.165) is 23.8 Å². The summed E-state index contributed by atoms with van der Waals surface area (Å²) >= 11 is 1.48. The minimum Gasteiger partial charge on any atom is -0.375 e. The van der Waals surface area contributed by atoms with Crippen molar-refractivity contribution in [2.75, 3.05) is 5.73 Å². The predicted molar refractivity (Wildman–Crippen MR) is 71.6 cm³/mol. The van der Waals surface area contributed by atoms with Crippen molar-refractivity contribution < 1.29 is 0 Å². The van der Waals surface area contributed by atoms with Crippen molar-refractivity contribution in [1.29, 1.82) is 0 Å². The molecule has 1 saturated carbocycles. The van der Waals surface area contributed by atoms with Gasteiger partial charge in [0.15, 0.2) is 5.13 Å². The third kappa shape index (κ3) is 2.12. The summed E-state index contributed by atoms with van der Waals surface area (Å²) in [5, 5.41) is 11.1. The zero-order valence-electron chi connectivity index (χ0n) is 10.5. The highest BCUT2D eigenvalue weighted by Crippen LogP contribution is 2.31. The summed E-state index contributed by atoms with van der Waals surface area (Å²) in [6.07, 6.45) is 5.83. The molecule has 2 aromatic rings. The van der Waals surface area contributed by atoms with Crippen LogP contribution in [0.2, 0.25) is 0 Å². The molecule has 0 aliphatic heterocycles. The lowest BCUT2D eigenvalue weighted by Crippen LogP contribution is -2.11. The molecule has 0 saturated heterocycles. The molecule has 1 aliphatic carbocycles. The molecule has 0 spiro atoms. The smallest absolute Gasteiger partial charge is 0.180 e. The van der Waals surface area contributed by atoms with Crippen molar-refractivity contribution in [3.63, 3.8) is 0 Å². The summed E-state index contributed by atoms with van der Waals surface area (Å²) in [4.78, 5) is 4.30. The number of hydrogen-bond acceptors (Lipinski definition) is 5. The normalized spacial score (nSPS) is 16.5. The number of nitrogens with zero attached hydrogens (tertiary/aromatic N) is 4. The quantitative estimate of drug-likeness (QED) is 0.922. The van der Waals surface area contributed by atoms with Gasteiger partial charge in [0.1, 0.15) is 11.6 Å². The molecule has 1 fully saturated rings. The number of anilines is 1. The monoisotopic (exact) mass is 263 g/mol. The highest BCUT2D eigenvalue weighted by molar-refractivity contribution is 7.13. The number of hydrogen-bond donors (Lipinski definition) is 1. The Kier molecular flexibility index (Phi) is 3.03. The SMILES string of the molecule is Cc1nnc(Cc2csc(N)n2)n1C1CCCC1. The summed E-state index contributed by atoms with van der Waals surface area (Å²) in [5.74, 6) is 2.03. The number of aryl methyl sites for hydroxylation is 1. The van der Waals surface area contributed by atoms with Gasteiger partial charge in [0.25, 0.3) is 0 Å². The molecular weight excluding hydrogens is 246 g/mol. The van der Waals surface area contributed by atoms with E-state index in [-0.39, 0.29) is 0 Å². The van der Waals surface area contributed by atoms with Gasteiger partial charge in [0.2, 0.25) is 0 Å². The molecule has 2 N–H and O–H groups in total. The Morgan fingerprint density at radius 3 is 2.83 bits per heavy atom. The van der Waals surface area contributed by atoms with E-state index in [1.54, 1.807) is 0 Å². The standard InChI is InChI=1S/C12H17N5S/c1-8-15-16-11(6-9-7-18-12(13)14-9)17(8)10-4-2-3-5-10/h7,10H,2-6H2,1H3,(H2,13,14). The molecule has 0 bridgehead atoms. The maximum Gasteiger partial charge on any atom is 0.180 e. The Balaban J connectivity index is 1.87. The van der Waals surface area contributed by atoms with E-state index in [1.165, 1.54) is 37.0 Å². The highest BCUT2D eigenvalue weighted by atomic mass is 32.1. The number of nitrogens with two attached hydrogens (primary N) is 1. The third-order valence-corrected chi connectivity index (χ3v) is 4.26. The van der Waals surface area contributed by atoms with Gasteiger partial charge in [-0.25, -0.2) is 4.98 Å². The Morgan fingerprint density at radius 1 is 1.39 bits per heavy atom. The van der Waals surface area contributed by atoms with Crippen LogP contribution >= 0.6 is 11.3 Å². The van der Waals surface area contributed by atoms with Crippen molar-refractivity contribution in [2.45, 2.75) is 45.1 Å². The lowest BCUT2D eigenvalue weighted by atomic mass is 10.2. The summed E-state index contributed by atoms with van der Waals surface area (Å²) in [6, 6.07) is 0.575. The topological polar surface area (TPSA) is 69.6 Å². The van der Waals surface area contributed by atoms with E-state index in [1.807, 2.05) is 12.3 Å². The molecule has 18 heavy (non-hydrogen) atoms. The molecule has 6 heteroatoms. The minimum absolute atomic E-state index is 0.575. The zero-order chi connectivity index (χ0) is 12.5. The van der Waals surface area contributed by atoms with Crippen LogP contribution in [0.1, 0.15) is 49.1 Å². The lowest BCUT2D eigenvalue weighted by molar-refractivity contribution is 0.489. The van der Waals surface area contributed by atoms with Crippen LogP contribution in [-0.2, 0) is 6.42 Å². The summed E-state index contributed by atoms with van der Waals surface area (Å²) < 4.78 is 2.29. The Labute approximate surface area is 110 Å². The Bertz CT molecular complexity index is 538. The average molecular weight is 263 g/mol. The van der Waals surface area contributed by atoms with Gasteiger partial charge in [-0.3, -0.25) is 0 Å². The summed E-state index contributed by atoms with van der Waals surface area (Å²) in [7, 11) is 0. The largest absolute Gasteiger partial charge is 0.375 e. The fourth-order valence-electron chi connectivity index (χ4n) is 2.74. The maximum absolute atomic E-state index is 5.66. The van der Waals surface area contributed by atoms with E-state index < -0.39 is 0 Å². The van der Waals surface area contributed by atoms with Crippen molar-refractivity contribution >= 4 is 16.5 Å². The van der Waals surface area contributed by atoms with Gasteiger partial charge in [-0.2, -0.15) is 0 Å². The van der Waals surface area contributed by atoms with E-state index in [0.29, 0.717) is 11.2 Å². The molecule has 2 aromatic heterocycles. The average Bonchev–Trinajstić information content (AvgIpc) is 3.02. The van der Waals surface area contributed by atoms with E-state index in [9.17, 15) is 0 Å². The Hall–Kier alpha value is -1.43. The number of thiazole rings is 1. The maximum atomic E-state index is 5.66. The first-order valence-electron chi connectivity index (χ1n) is 6.34. The summed E-state index contributed by atoms with van der Waals surface area (Å²) in [5.41, 5.74) is 6.65. The van der Waals surface area contributed by atoms with Gasteiger partial charge in [-0.05, 0) is 19.8 Å². The van der Waals surface area contributed by atoms with Crippen LogP contribution in [-0.4, -0.2) is 19.7 Å². The molecule has 0 aromatic carbocycles. The molecule has 2 heterocycles. The number of rotatable bonds is 3. The van der Waals surface area contributed by atoms with Crippen LogP contribution in [0.5, 0.6) is 0 Å². The molecule has 0 unspecified atom stereocenters. The lowest BCUT2D eigenvalue weighted by Gasteiger charge is -2.15. The van der Waals surface area contributed by atoms with Gasteiger partial charge < -0.3 is 10.3 Å². The third-order valence-electron chi connectivity index (χ3n) is 3.54. The summed E-state index contributed by atoms with van der Waals surface area (Å²) in [6.45, 7) is 2.03. The van der Waals surface area contributed by atoms with Crippen molar-refractivity contribution in [2.24, 2.45) is 0 Å². The minimum atomic E-state index is 0.575. The fourth-order valence-corrected chi connectivity index (χ4v) is 3.30. The van der Waals surface area contributed by atoms with Crippen molar-refractivity contribution in [3.8, 4) is 0 Å². The van der Waals surface area contributed by atoms with Gasteiger partial charge in [0.05, 0.1) is 12.1 Å². The van der Waals surface area contributed by atoms with Crippen LogP contribution in [0.3, 0.4) is 0 Å². The van der Waals surface area contributed by atoms with Gasteiger partial charge in [-0.15, -0.1) is 21.5 Å². The van der Waals surface area contributed by atoms with Crippen LogP contribution in [0.4, 0.5) is 5.13 Å².